The van der Waals surface area contributed by atoms with E-state index in [4.69, 9.17) is 17.2 Å². The maximum atomic E-state index is 13.1. The number of nitrogens with two attached hydrogens (primary N) is 3. The Kier molecular flexibility index (Phi) is 11.4. The van der Waals surface area contributed by atoms with Gasteiger partial charge in [-0.15, -0.1) is 0 Å². The summed E-state index contributed by atoms with van der Waals surface area (Å²) in [5, 5.41) is 2.79. The third-order valence-electron chi connectivity index (χ3n) is 5.65. The van der Waals surface area contributed by atoms with Crippen molar-refractivity contribution in [2.24, 2.45) is 17.2 Å². The Hall–Kier alpha value is -3.07. The number of amides is 2. The molecule has 0 aromatic heterocycles. The van der Waals surface area contributed by atoms with Gasteiger partial charge in [-0.3, -0.25) is 14.4 Å². The third-order valence-corrected chi connectivity index (χ3v) is 5.65. The number of rotatable bonds is 14. The van der Waals surface area contributed by atoms with E-state index in [9.17, 15) is 14.4 Å². The maximum Gasteiger partial charge on any atom is 0.238 e. The van der Waals surface area contributed by atoms with Gasteiger partial charge >= 0.3 is 0 Å². The van der Waals surface area contributed by atoms with Crippen LogP contribution < -0.4 is 22.5 Å². The monoisotopic (exact) mass is 467 g/mol. The molecule has 0 bridgehead atoms. The Morgan fingerprint density at radius 2 is 1.53 bits per heavy atom. The molecule has 0 heterocycles. The zero-order chi connectivity index (χ0) is 24.9. The zero-order valence-corrected chi connectivity index (χ0v) is 19.9. The molecule has 2 amide bonds. The second-order valence-corrected chi connectivity index (χ2v) is 8.48. The molecule has 0 spiro atoms. The molecule has 2 aromatic rings. The Balaban J connectivity index is 2.05. The fraction of sp³-hybridized carbons (Fsp3) is 0.423. The van der Waals surface area contributed by atoms with Crippen LogP contribution in [0.25, 0.3) is 0 Å². The predicted molar refractivity (Wildman–Crippen MR) is 134 cm³/mol. The van der Waals surface area contributed by atoms with Crippen molar-refractivity contribution in [3.05, 3.63) is 71.3 Å². The Labute approximate surface area is 201 Å². The lowest BCUT2D eigenvalue weighted by atomic mass is 9.97. The number of nitrogens with zero attached hydrogens (tertiary/aromatic N) is 1. The standard InChI is InChI=1S/C26H37N5O3/c1-19-7-9-21(10-8-19)17-24(32)23(12-11-20-5-3-2-4-6-20)30-26(34)22(29)18-25(33)31(15-13-27)16-14-28/h2-10,22-23H,11-18,27-29H2,1H3,(H,30,34)/t22-,23-/m0/s1. The minimum atomic E-state index is -1.07. The van der Waals surface area contributed by atoms with Crippen molar-refractivity contribution in [1.82, 2.24) is 10.2 Å². The third kappa shape index (κ3) is 9.05. The molecule has 0 radical (unpaired) electrons. The molecule has 0 saturated carbocycles. The molecule has 2 rings (SSSR count). The van der Waals surface area contributed by atoms with E-state index in [-0.39, 0.29) is 24.5 Å². The molecule has 8 heteroatoms. The van der Waals surface area contributed by atoms with E-state index in [2.05, 4.69) is 5.32 Å². The van der Waals surface area contributed by atoms with Gasteiger partial charge in [-0.2, -0.15) is 0 Å². The SMILES string of the molecule is Cc1ccc(CC(=O)[C@H](CCc2ccccc2)NC(=O)[C@@H](N)CC(=O)N(CCN)CCN)cc1. The van der Waals surface area contributed by atoms with Gasteiger partial charge < -0.3 is 27.4 Å². The first-order valence-electron chi connectivity index (χ1n) is 11.7. The molecular formula is C26H37N5O3. The number of hydrogen-bond acceptors (Lipinski definition) is 6. The molecule has 8 nitrogen and oxygen atoms in total. The average Bonchev–Trinajstić information content (AvgIpc) is 2.83. The van der Waals surface area contributed by atoms with Crippen LogP contribution in [0.1, 0.15) is 29.5 Å². The molecule has 184 valence electrons. The van der Waals surface area contributed by atoms with Crippen molar-refractivity contribution in [2.75, 3.05) is 26.2 Å². The summed E-state index contributed by atoms with van der Waals surface area (Å²) in [5.74, 6) is -0.908. The van der Waals surface area contributed by atoms with Crippen molar-refractivity contribution in [1.29, 1.82) is 0 Å². The van der Waals surface area contributed by atoms with Crippen LogP contribution in [0, 0.1) is 6.92 Å². The van der Waals surface area contributed by atoms with Crippen LogP contribution in [0.15, 0.2) is 54.6 Å². The molecule has 7 N–H and O–H groups in total. The summed E-state index contributed by atoms with van der Waals surface area (Å²) in [6.07, 6.45) is 1.09. The van der Waals surface area contributed by atoms with Crippen LogP contribution >= 0.6 is 0 Å². The van der Waals surface area contributed by atoms with Gasteiger partial charge in [0, 0.05) is 32.6 Å². The van der Waals surface area contributed by atoms with Crippen LogP contribution in [0.3, 0.4) is 0 Å². The highest BCUT2D eigenvalue weighted by Gasteiger charge is 2.26. The van der Waals surface area contributed by atoms with E-state index >= 15 is 0 Å². The lowest BCUT2D eigenvalue weighted by Crippen LogP contribution is -2.51. The Morgan fingerprint density at radius 3 is 2.12 bits per heavy atom. The quantitative estimate of drug-likeness (QED) is 0.322. The number of carbonyl (C=O) groups is 3. The van der Waals surface area contributed by atoms with Crippen LogP contribution in [0.5, 0.6) is 0 Å². The van der Waals surface area contributed by atoms with Gasteiger partial charge in [-0.25, -0.2) is 0 Å². The van der Waals surface area contributed by atoms with Crippen LogP contribution in [-0.4, -0.2) is 60.8 Å². The predicted octanol–water partition coefficient (Wildman–Crippen LogP) is 0.688. The van der Waals surface area contributed by atoms with Crippen LogP contribution in [-0.2, 0) is 27.2 Å². The number of aryl methyl sites for hydroxylation is 2. The summed E-state index contributed by atoms with van der Waals surface area (Å²) in [7, 11) is 0. The molecule has 0 aliphatic carbocycles. The molecule has 0 saturated heterocycles. The molecule has 0 aliphatic rings. The van der Waals surface area contributed by atoms with E-state index in [1.807, 2.05) is 61.5 Å². The van der Waals surface area contributed by atoms with Gasteiger partial charge in [0.05, 0.1) is 18.5 Å². The van der Waals surface area contributed by atoms with E-state index in [1.54, 1.807) is 0 Å². The molecule has 0 fully saturated rings. The minimum absolute atomic E-state index is 0.0976. The van der Waals surface area contributed by atoms with Gasteiger partial charge in [0.1, 0.15) is 0 Å². The minimum Gasteiger partial charge on any atom is -0.345 e. The zero-order valence-electron chi connectivity index (χ0n) is 19.9. The number of nitrogens with one attached hydrogen (secondary N) is 1. The van der Waals surface area contributed by atoms with E-state index < -0.39 is 18.0 Å². The summed E-state index contributed by atoms with van der Waals surface area (Å²) in [6, 6.07) is 15.7. The lowest BCUT2D eigenvalue weighted by molar-refractivity contribution is -0.134. The van der Waals surface area contributed by atoms with Crippen molar-refractivity contribution in [3.63, 3.8) is 0 Å². The highest BCUT2D eigenvalue weighted by molar-refractivity contribution is 5.93. The van der Waals surface area contributed by atoms with Gasteiger partial charge in [0.25, 0.3) is 0 Å². The molecule has 0 unspecified atom stereocenters. The molecule has 2 atom stereocenters. The van der Waals surface area contributed by atoms with Crippen LogP contribution in [0.2, 0.25) is 0 Å². The van der Waals surface area contributed by atoms with E-state index in [0.29, 0.717) is 39.0 Å². The lowest BCUT2D eigenvalue weighted by Gasteiger charge is -2.24. The molecule has 0 aliphatic heterocycles. The van der Waals surface area contributed by atoms with Gasteiger partial charge in [-0.05, 0) is 30.9 Å². The highest BCUT2D eigenvalue weighted by atomic mass is 16.2. The number of ketones is 1. The maximum absolute atomic E-state index is 13.1. The Bertz CT molecular complexity index is 912. The molecule has 2 aromatic carbocycles. The van der Waals surface area contributed by atoms with Crippen molar-refractivity contribution < 1.29 is 14.4 Å². The molecule has 34 heavy (non-hydrogen) atoms. The second kappa shape index (κ2) is 14.2. The fourth-order valence-electron chi connectivity index (χ4n) is 3.66. The summed E-state index contributed by atoms with van der Waals surface area (Å²) >= 11 is 0. The number of carbonyl (C=O) groups excluding carboxylic acids is 3. The summed E-state index contributed by atoms with van der Waals surface area (Å²) < 4.78 is 0. The summed E-state index contributed by atoms with van der Waals surface area (Å²) in [6.45, 7) is 3.27. The first-order chi connectivity index (χ1) is 16.3. The van der Waals surface area contributed by atoms with Gasteiger partial charge in [0.15, 0.2) is 5.78 Å². The number of Topliss-reactive ketones (excluding diaryl/α,β-unsaturated/α-hetero) is 1. The fourth-order valence-corrected chi connectivity index (χ4v) is 3.66. The van der Waals surface area contributed by atoms with Gasteiger partial charge in [0.2, 0.25) is 11.8 Å². The highest BCUT2D eigenvalue weighted by Crippen LogP contribution is 2.11. The largest absolute Gasteiger partial charge is 0.345 e. The Morgan fingerprint density at radius 1 is 0.912 bits per heavy atom. The first-order valence-corrected chi connectivity index (χ1v) is 11.7. The number of hydrogen-bond donors (Lipinski definition) is 4. The van der Waals surface area contributed by atoms with Crippen molar-refractivity contribution in [2.45, 2.75) is 44.7 Å². The molecular weight excluding hydrogens is 430 g/mol. The average molecular weight is 468 g/mol. The normalized spacial score (nSPS) is 12.6. The van der Waals surface area contributed by atoms with Gasteiger partial charge in [-0.1, -0.05) is 60.2 Å². The summed E-state index contributed by atoms with van der Waals surface area (Å²) in [4.78, 5) is 40.0. The second-order valence-electron chi connectivity index (χ2n) is 8.48. The van der Waals surface area contributed by atoms with E-state index in [1.165, 1.54) is 4.90 Å². The first kappa shape index (κ1) is 27.2. The summed E-state index contributed by atoms with van der Waals surface area (Å²) in [5.41, 5.74) is 20.2. The van der Waals surface area contributed by atoms with Crippen molar-refractivity contribution >= 4 is 17.6 Å². The number of benzene rings is 2. The topological polar surface area (TPSA) is 145 Å². The van der Waals surface area contributed by atoms with Crippen molar-refractivity contribution in [3.8, 4) is 0 Å². The van der Waals surface area contributed by atoms with Crippen LogP contribution in [0.4, 0.5) is 0 Å². The van der Waals surface area contributed by atoms with E-state index in [0.717, 1.165) is 16.7 Å². The smallest absolute Gasteiger partial charge is 0.238 e.